The lowest BCUT2D eigenvalue weighted by atomic mass is 9.93. The van der Waals surface area contributed by atoms with Crippen LogP contribution in [0.25, 0.3) is 0 Å². The van der Waals surface area contributed by atoms with Crippen LogP contribution in [0.1, 0.15) is 30.1 Å². The van der Waals surface area contributed by atoms with Crippen molar-refractivity contribution >= 4 is 5.91 Å². The molecule has 2 heterocycles. The zero-order chi connectivity index (χ0) is 13.2. The highest BCUT2D eigenvalue weighted by Crippen LogP contribution is 2.30. The molecule has 1 aliphatic heterocycles. The van der Waals surface area contributed by atoms with Crippen LogP contribution in [0.2, 0.25) is 0 Å². The molecule has 5 nitrogen and oxygen atoms in total. The zero-order valence-corrected chi connectivity index (χ0v) is 11.0. The van der Waals surface area contributed by atoms with Gasteiger partial charge in [-0.15, -0.1) is 0 Å². The van der Waals surface area contributed by atoms with Crippen molar-refractivity contribution in [2.45, 2.75) is 31.9 Å². The van der Waals surface area contributed by atoms with Crippen molar-refractivity contribution in [3.8, 4) is 0 Å². The lowest BCUT2D eigenvalue weighted by Crippen LogP contribution is -2.42. The summed E-state index contributed by atoms with van der Waals surface area (Å²) < 4.78 is 7.16. The molecule has 0 spiro atoms. The Hall–Kier alpha value is -1.33. The minimum atomic E-state index is -0.358. The number of carbonyl (C=O) groups excluding carboxylic acids is 1. The summed E-state index contributed by atoms with van der Waals surface area (Å²) in [5.41, 5.74) is 2.19. The molecular weight excluding hydrogens is 244 g/mol. The highest BCUT2D eigenvalue weighted by atomic mass is 16.5. The maximum Gasteiger partial charge on any atom is 0.242 e. The van der Waals surface area contributed by atoms with Crippen LogP contribution in [0, 0.1) is 0 Å². The van der Waals surface area contributed by atoms with E-state index in [1.54, 1.807) is 0 Å². The number of carbonyl (C=O) groups is 1. The van der Waals surface area contributed by atoms with Crippen LogP contribution >= 0.6 is 0 Å². The number of aromatic nitrogens is 1. The van der Waals surface area contributed by atoms with Gasteiger partial charge >= 0.3 is 0 Å². The molecule has 0 bridgehead atoms. The van der Waals surface area contributed by atoms with Crippen molar-refractivity contribution in [2.75, 3.05) is 26.3 Å². The maximum absolute atomic E-state index is 12.1. The van der Waals surface area contributed by atoms with Crippen LogP contribution in [-0.4, -0.2) is 46.8 Å². The van der Waals surface area contributed by atoms with E-state index in [0.29, 0.717) is 32.8 Å². The first-order valence-electron chi connectivity index (χ1n) is 6.96. The lowest BCUT2D eigenvalue weighted by Gasteiger charge is -2.26. The van der Waals surface area contributed by atoms with Gasteiger partial charge in [0.2, 0.25) is 5.91 Å². The summed E-state index contributed by atoms with van der Waals surface area (Å²) >= 11 is 0. The normalized spacial score (nSPS) is 23.2. The van der Waals surface area contributed by atoms with E-state index < -0.39 is 0 Å². The van der Waals surface area contributed by atoms with Gasteiger partial charge in [0.15, 0.2) is 0 Å². The zero-order valence-electron chi connectivity index (χ0n) is 11.0. The highest BCUT2D eigenvalue weighted by molar-refractivity contribution is 5.76. The molecule has 0 radical (unpaired) electrons. The fourth-order valence-corrected chi connectivity index (χ4v) is 2.88. The number of hydrogen-bond donors (Lipinski definition) is 1. The van der Waals surface area contributed by atoms with Gasteiger partial charge in [0, 0.05) is 31.0 Å². The third kappa shape index (κ3) is 2.67. The molecule has 2 aliphatic rings. The first-order chi connectivity index (χ1) is 9.24. The number of aryl methyl sites for hydroxylation is 1. The topological polar surface area (TPSA) is 54.7 Å². The summed E-state index contributed by atoms with van der Waals surface area (Å²) in [6, 6.07) is 0. The van der Waals surface area contributed by atoms with E-state index in [4.69, 9.17) is 4.74 Å². The minimum absolute atomic E-state index is 0.130. The van der Waals surface area contributed by atoms with Crippen LogP contribution in [0.4, 0.5) is 0 Å². The number of rotatable bonds is 2. The molecule has 1 fully saturated rings. The molecule has 0 aromatic carbocycles. The third-order valence-corrected chi connectivity index (χ3v) is 3.96. The second kappa shape index (κ2) is 5.35. The lowest BCUT2D eigenvalue weighted by molar-refractivity contribution is -0.135. The Kier molecular flexibility index (Phi) is 3.57. The number of morpholine rings is 1. The highest BCUT2D eigenvalue weighted by Gasteiger charge is 2.22. The van der Waals surface area contributed by atoms with Crippen molar-refractivity contribution in [3.63, 3.8) is 0 Å². The Balaban J connectivity index is 1.68. The molecule has 104 valence electrons. The SMILES string of the molecule is O=C(Cn1cc2c(c1)C(O)CCC2)N1CCOCC1. The Morgan fingerprint density at radius 3 is 2.89 bits per heavy atom. The van der Waals surface area contributed by atoms with Crippen molar-refractivity contribution in [2.24, 2.45) is 0 Å². The number of nitrogens with zero attached hydrogens (tertiary/aromatic N) is 2. The summed E-state index contributed by atoms with van der Waals surface area (Å²) in [7, 11) is 0. The number of amides is 1. The molecule has 19 heavy (non-hydrogen) atoms. The van der Waals surface area contributed by atoms with Crippen molar-refractivity contribution in [1.29, 1.82) is 0 Å². The van der Waals surface area contributed by atoms with Gasteiger partial charge < -0.3 is 19.3 Å². The molecule has 3 rings (SSSR count). The van der Waals surface area contributed by atoms with Gasteiger partial charge in [-0.3, -0.25) is 4.79 Å². The van der Waals surface area contributed by atoms with Gasteiger partial charge in [0.05, 0.1) is 19.3 Å². The van der Waals surface area contributed by atoms with Crippen LogP contribution in [-0.2, 0) is 22.5 Å². The Bertz CT molecular complexity index is 463. The van der Waals surface area contributed by atoms with E-state index in [0.717, 1.165) is 24.8 Å². The maximum atomic E-state index is 12.1. The van der Waals surface area contributed by atoms with Gasteiger partial charge in [-0.25, -0.2) is 0 Å². The smallest absolute Gasteiger partial charge is 0.242 e. The van der Waals surface area contributed by atoms with Crippen LogP contribution in [0.15, 0.2) is 12.4 Å². The van der Waals surface area contributed by atoms with Crippen molar-refractivity contribution in [3.05, 3.63) is 23.5 Å². The van der Waals surface area contributed by atoms with E-state index in [1.165, 1.54) is 5.56 Å². The van der Waals surface area contributed by atoms with Gasteiger partial charge in [-0.1, -0.05) is 0 Å². The molecule has 1 amide bonds. The van der Waals surface area contributed by atoms with E-state index in [1.807, 2.05) is 21.9 Å². The molecule has 1 aliphatic carbocycles. The Labute approximate surface area is 112 Å². The molecule has 1 aromatic heterocycles. The monoisotopic (exact) mass is 264 g/mol. The fourth-order valence-electron chi connectivity index (χ4n) is 2.88. The Morgan fingerprint density at radius 2 is 2.16 bits per heavy atom. The molecule has 0 saturated carbocycles. The molecule has 5 heteroatoms. The van der Waals surface area contributed by atoms with Gasteiger partial charge in [-0.05, 0) is 24.8 Å². The van der Waals surface area contributed by atoms with Gasteiger partial charge in [0.25, 0.3) is 0 Å². The summed E-state index contributed by atoms with van der Waals surface area (Å²) in [5, 5.41) is 9.93. The van der Waals surface area contributed by atoms with Crippen LogP contribution in [0.5, 0.6) is 0 Å². The second-order valence-electron chi connectivity index (χ2n) is 5.31. The van der Waals surface area contributed by atoms with Gasteiger partial charge in [0.1, 0.15) is 6.54 Å². The van der Waals surface area contributed by atoms with E-state index in [-0.39, 0.29) is 12.0 Å². The number of aliphatic hydroxyl groups is 1. The standard InChI is InChI=1S/C14H20N2O3/c17-13-3-1-2-11-8-15(9-12(11)13)10-14(18)16-4-6-19-7-5-16/h8-9,13,17H,1-7,10H2. The summed E-state index contributed by atoms with van der Waals surface area (Å²) in [4.78, 5) is 14.0. The molecule has 1 unspecified atom stereocenters. The number of ether oxygens (including phenoxy) is 1. The van der Waals surface area contributed by atoms with Crippen LogP contribution in [0.3, 0.4) is 0 Å². The largest absolute Gasteiger partial charge is 0.388 e. The first kappa shape index (κ1) is 12.7. The third-order valence-electron chi connectivity index (χ3n) is 3.96. The quantitative estimate of drug-likeness (QED) is 0.856. The molecule has 1 atom stereocenters. The number of hydrogen-bond acceptors (Lipinski definition) is 3. The fraction of sp³-hybridized carbons (Fsp3) is 0.643. The summed E-state index contributed by atoms with van der Waals surface area (Å²) in [6.45, 7) is 2.99. The molecular formula is C14H20N2O3. The summed E-state index contributed by atoms with van der Waals surface area (Å²) in [6.07, 6.45) is 6.44. The number of aliphatic hydroxyl groups excluding tert-OH is 1. The molecule has 1 N–H and O–H groups in total. The van der Waals surface area contributed by atoms with Crippen molar-refractivity contribution < 1.29 is 14.6 Å². The average Bonchev–Trinajstić information content (AvgIpc) is 2.84. The minimum Gasteiger partial charge on any atom is -0.388 e. The predicted octanol–water partition coefficient (Wildman–Crippen LogP) is 0.717. The van der Waals surface area contributed by atoms with E-state index in [9.17, 15) is 9.90 Å². The second-order valence-corrected chi connectivity index (χ2v) is 5.31. The molecule has 1 aromatic rings. The number of fused-ring (bicyclic) bond motifs is 1. The predicted molar refractivity (Wildman–Crippen MR) is 69.7 cm³/mol. The summed E-state index contributed by atoms with van der Waals surface area (Å²) in [5.74, 6) is 0.130. The Morgan fingerprint density at radius 1 is 1.37 bits per heavy atom. The van der Waals surface area contributed by atoms with Crippen LogP contribution < -0.4 is 0 Å². The molecule has 1 saturated heterocycles. The average molecular weight is 264 g/mol. The first-order valence-corrected chi connectivity index (χ1v) is 6.96. The van der Waals surface area contributed by atoms with Gasteiger partial charge in [-0.2, -0.15) is 0 Å². The van der Waals surface area contributed by atoms with E-state index in [2.05, 4.69) is 0 Å². The van der Waals surface area contributed by atoms with Crippen molar-refractivity contribution in [1.82, 2.24) is 9.47 Å². The van der Waals surface area contributed by atoms with E-state index >= 15 is 0 Å².